The van der Waals surface area contributed by atoms with Crippen molar-refractivity contribution in [2.75, 3.05) is 5.32 Å². The number of carbonyl (C=O) groups is 1. The monoisotopic (exact) mass is 246 g/mol. The first-order chi connectivity index (χ1) is 8.58. The van der Waals surface area contributed by atoms with Crippen molar-refractivity contribution in [2.45, 2.75) is 13.8 Å². The van der Waals surface area contributed by atoms with Crippen LogP contribution in [0.25, 0.3) is 6.08 Å². The molecule has 0 radical (unpaired) electrons. The third-order valence-electron chi connectivity index (χ3n) is 2.62. The van der Waals surface area contributed by atoms with Crippen molar-refractivity contribution < 1.29 is 4.79 Å². The first kappa shape index (κ1) is 12.0. The van der Waals surface area contributed by atoms with Gasteiger partial charge in [0.25, 0.3) is 5.91 Å². The van der Waals surface area contributed by atoms with Gasteiger partial charge in [0.1, 0.15) is 6.33 Å². The van der Waals surface area contributed by atoms with Crippen LogP contribution in [0.15, 0.2) is 12.4 Å². The van der Waals surface area contributed by atoms with Gasteiger partial charge in [-0.2, -0.15) is 15.2 Å². The molecular weight excluding hydrogens is 232 g/mol. The zero-order chi connectivity index (χ0) is 13.1. The van der Waals surface area contributed by atoms with Gasteiger partial charge in [0, 0.05) is 24.4 Å². The molecule has 2 aromatic heterocycles. The first-order valence-corrected chi connectivity index (χ1v) is 5.42. The smallest absolute Gasteiger partial charge is 0.250 e. The summed E-state index contributed by atoms with van der Waals surface area (Å²) >= 11 is 0. The number of amides is 1. The number of nitrogens with one attached hydrogen (secondary N) is 2. The fraction of sp³-hybridized carbons (Fsp3) is 0.273. The van der Waals surface area contributed by atoms with Gasteiger partial charge in [-0.05, 0) is 19.9 Å². The van der Waals surface area contributed by atoms with E-state index in [1.807, 2.05) is 20.9 Å². The van der Waals surface area contributed by atoms with Crippen molar-refractivity contribution in [2.24, 2.45) is 7.05 Å². The van der Waals surface area contributed by atoms with Gasteiger partial charge in [0.15, 0.2) is 0 Å². The third-order valence-corrected chi connectivity index (χ3v) is 2.62. The SMILES string of the molecule is Cc1nn(C)c(C)c1C=CC(=O)Nc1ncn[nH]1. The van der Waals surface area contributed by atoms with Crippen molar-refractivity contribution >= 4 is 17.9 Å². The molecule has 0 spiro atoms. The van der Waals surface area contributed by atoms with Crippen LogP contribution in [0.5, 0.6) is 0 Å². The molecule has 2 N–H and O–H groups in total. The average Bonchev–Trinajstić information content (AvgIpc) is 2.88. The summed E-state index contributed by atoms with van der Waals surface area (Å²) in [6.07, 6.45) is 4.51. The molecule has 2 rings (SSSR count). The molecule has 0 aliphatic carbocycles. The lowest BCUT2D eigenvalue weighted by Crippen LogP contribution is -2.09. The van der Waals surface area contributed by atoms with Crippen LogP contribution in [-0.4, -0.2) is 30.9 Å². The maximum Gasteiger partial charge on any atom is 0.250 e. The minimum absolute atomic E-state index is 0.269. The van der Waals surface area contributed by atoms with E-state index >= 15 is 0 Å². The van der Waals surface area contributed by atoms with Crippen LogP contribution in [0.2, 0.25) is 0 Å². The van der Waals surface area contributed by atoms with Crippen molar-refractivity contribution in [1.29, 1.82) is 0 Å². The molecule has 7 heteroatoms. The predicted molar refractivity (Wildman–Crippen MR) is 66.7 cm³/mol. The maximum atomic E-state index is 11.6. The van der Waals surface area contributed by atoms with E-state index in [1.165, 1.54) is 12.4 Å². The number of aryl methyl sites for hydroxylation is 2. The van der Waals surface area contributed by atoms with Gasteiger partial charge in [-0.1, -0.05) is 0 Å². The highest BCUT2D eigenvalue weighted by Crippen LogP contribution is 2.13. The summed E-state index contributed by atoms with van der Waals surface area (Å²) in [5.74, 6) is 0.0543. The lowest BCUT2D eigenvalue weighted by molar-refractivity contribution is -0.111. The minimum atomic E-state index is -0.269. The molecular formula is C11H14N6O. The molecule has 18 heavy (non-hydrogen) atoms. The fourth-order valence-corrected chi connectivity index (χ4v) is 1.61. The topological polar surface area (TPSA) is 88.5 Å². The summed E-state index contributed by atoms with van der Waals surface area (Å²) in [6.45, 7) is 3.86. The van der Waals surface area contributed by atoms with Crippen molar-refractivity contribution in [3.8, 4) is 0 Å². The molecule has 0 unspecified atom stereocenters. The number of nitrogens with zero attached hydrogens (tertiary/aromatic N) is 4. The van der Waals surface area contributed by atoms with Gasteiger partial charge in [-0.25, -0.2) is 5.10 Å². The van der Waals surface area contributed by atoms with Crippen molar-refractivity contribution in [3.63, 3.8) is 0 Å². The largest absolute Gasteiger partial charge is 0.291 e. The molecule has 2 heterocycles. The van der Waals surface area contributed by atoms with Gasteiger partial charge in [-0.3, -0.25) is 14.8 Å². The highest BCUT2D eigenvalue weighted by Gasteiger charge is 2.06. The highest BCUT2D eigenvalue weighted by atomic mass is 16.1. The highest BCUT2D eigenvalue weighted by molar-refractivity contribution is 6.00. The summed E-state index contributed by atoms with van der Waals surface area (Å²) in [5, 5.41) is 13.0. The Morgan fingerprint density at radius 3 is 2.83 bits per heavy atom. The van der Waals surface area contributed by atoms with Crippen molar-refractivity contribution in [1.82, 2.24) is 25.0 Å². The second-order valence-corrected chi connectivity index (χ2v) is 3.86. The fourth-order valence-electron chi connectivity index (χ4n) is 1.61. The van der Waals surface area contributed by atoms with Gasteiger partial charge in [0.05, 0.1) is 5.69 Å². The van der Waals surface area contributed by atoms with E-state index in [0.29, 0.717) is 5.95 Å². The number of H-pyrrole nitrogens is 1. The number of rotatable bonds is 3. The standard InChI is InChI=1S/C11H14N6O/c1-7-9(8(2)17(3)16-7)4-5-10(18)14-11-12-6-13-15-11/h4-6H,1-3H3,(H2,12,13,14,15,18). The average molecular weight is 246 g/mol. The molecule has 0 aliphatic rings. The number of aromatic nitrogens is 5. The lowest BCUT2D eigenvalue weighted by Gasteiger charge is -1.96. The van der Waals surface area contributed by atoms with E-state index in [0.717, 1.165) is 17.0 Å². The summed E-state index contributed by atoms with van der Waals surface area (Å²) in [4.78, 5) is 15.4. The van der Waals surface area contributed by atoms with Crippen LogP contribution in [0.1, 0.15) is 17.0 Å². The van der Waals surface area contributed by atoms with Gasteiger partial charge < -0.3 is 0 Å². The van der Waals surface area contributed by atoms with Gasteiger partial charge in [-0.15, -0.1) is 0 Å². The molecule has 0 atom stereocenters. The van der Waals surface area contributed by atoms with E-state index in [2.05, 4.69) is 25.6 Å². The van der Waals surface area contributed by atoms with E-state index in [1.54, 1.807) is 10.8 Å². The van der Waals surface area contributed by atoms with E-state index < -0.39 is 0 Å². The molecule has 7 nitrogen and oxygen atoms in total. The Labute approximate surface area is 104 Å². The Morgan fingerprint density at radius 1 is 1.50 bits per heavy atom. The van der Waals surface area contributed by atoms with Crippen LogP contribution >= 0.6 is 0 Å². The normalized spacial score (nSPS) is 11.1. The van der Waals surface area contributed by atoms with Crippen LogP contribution in [-0.2, 0) is 11.8 Å². The number of carbonyl (C=O) groups excluding carboxylic acids is 1. The van der Waals surface area contributed by atoms with Gasteiger partial charge >= 0.3 is 0 Å². The second-order valence-electron chi connectivity index (χ2n) is 3.86. The van der Waals surface area contributed by atoms with Crippen molar-refractivity contribution in [3.05, 3.63) is 29.4 Å². The first-order valence-electron chi connectivity index (χ1n) is 5.42. The molecule has 0 saturated heterocycles. The molecule has 94 valence electrons. The molecule has 0 aliphatic heterocycles. The molecule has 0 fully saturated rings. The Balaban J connectivity index is 2.09. The maximum absolute atomic E-state index is 11.6. The number of aromatic amines is 1. The lowest BCUT2D eigenvalue weighted by atomic mass is 10.2. The second kappa shape index (κ2) is 4.82. The Morgan fingerprint density at radius 2 is 2.28 bits per heavy atom. The van der Waals surface area contributed by atoms with Crippen LogP contribution in [0.4, 0.5) is 5.95 Å². The molecule has 0 bridgehead atoms. The summed E-state index contributed by atoms with van der Waals surface area (Å²) in [7, 11) is 1.87. The van der Waals surface area contributed by atoms with E-state index in [9.17, 15) is 4.79 Å². The van der Waals surface area contributed by atoms with Gasteiger partial charge in [0.2, 0.25) is 5.95 Å². The van der Waals surface area contributed by atoms with Crippen LogP contribution < -0.4 is 5.32 Å². The Kier molecular flexibility index (Phi) is 3.22. The van der Waals surface area contributed by atoms with E-state index in [-0.39, 0.29) is 5.91 Å². The van der Waals surface area contributed by atoms with Crippen LogP contribution in [0.3, 0.4) is 0 Å². The van der Waals surface area contributed by atoms with E-state index in [4.69, 9.17) is 0 Å². The molecule has 2 aromatic rings. The summed E-state index contributed by atoms with van der Waals surface area (Å²) in [6, 6.07) is 0. The molecule has 1 amide bonds. The van der Waals surface area contributed by atoms with Crippen LogP contribution in [0, 0.1) is 13.8 Å². The molecule has 0 saturated carbocycles. The third kappa shape index (κ3) is 2.45. The summed E-state index contributed by atoms with van der Waals surface area (Å²) < 4.78 is 1.78. The predicted octanol–water partition coefficient (Wildman–Crippen LogP) is 0.807. The Bertz CT molecular complexity index is 581. The minimum Gasteiger partial charge on any atom is -0.291 e. The quantitative estimate of drug-likeness (QED) is 0.784. The number of hydrogen-bond acceptors (Lipinski definition) is 4. The number of anilines is 1. The Hall–Kier alpha value is -2.44. The summed E-state index contributed by atoms with van der Waals surface area (Å²) in [5.41, 5.74) is 2.85. The number of hydrogen-bond donors (Lipinski definition) is 2. The zero-order valence-corrected chi connectivity index (χ0v) is 10.4. The molecule has 0 aromatic carbocycles. The zero-order valence-electron chi connectivity index (χ0n) is 10.4.